The predicted molar refractivity (Wildman–Crippen MR) is 81.2 cm³/mol. The molecule has 2 aromatic carbocycles. The van der Waals surface area contributed by atoms with Gasteiger partial charge in [-0.15, -0.1) is 0 Å². The van der Waals surface area contributed by atoms with Crippen molar-refractivity contribution in [3.8, 4) is 11.5 Å². The van der Waals surface area contributed by atoms with E-state index in [4.69, 9.17) is 15.2 Å². The lowest BCUT2D eigenvalue weighted by Crippen LogP contribution is -2.15. The topological polar surface area (TPSA) is 90.6 Å². The largest absolute Gasteiger partial charge is 0.495 e. The maximum atomic E-state index is 12.6. The van der Waals surface area contributed by atoms with E-state index in [1.54, 1.807) is 36.4 Å². The van der Waals surface area contributed by atoms with E-state index in [-0.39, 0.29) is 16.4 Å². The molecule has 0 atom stereocenters. The van der Waals surface area contributed by atoms with Crippen LogP contribution in [0.15, 0.2) is 47.4 Å². The number of nitrogens with one attached hydrogen (secondary N) is 1. The molecular formula is C14H16N2O4S. The van der Waals surface area contributed by atoms with E-state index in [0.717, 1.165) is 0 Å². The Morgan fingerprint density at radius 2 is 1.57 bits per heavy atom. The highest BCUT2D eigenvalue weighted by Crippen LogP contribution is 2.34. The first-order chi connectivity index (χ1) is 9.97. The van der Waals surface area contributed by atoms with Gasteiger partial charge in [-0.1, -0.05) is 12.1 Å². The highest BCUT2D eigenvalue weighted by Gasteiger charge is 2.24. The molecule has 0 saturated heterocycles. The number of ether oxygens (including phenoxy) is 2. The lowest BCUT2D eigenvalue weighted by molar-refractivity contribution is 0.373. The number of nitrogens with two attached hydrogens (primary N) is 1. The van der Waals surface area contributed by atoms with Gasteiger partial charge in [0.15, 0.2) is 4.90 Å². The Balaban J connectivity index is 2.49. The number of benzene rings is 2. The molecule has 0 radical (unpaired) electrons. The van der Waals surface area contributed by atoms with E-state index >= 15 is 0 Å². The molecule has 2 aromatic rings. The van der Waals surface area contributed by atoms with Crippen LogP contribution in [0.1, 0.15) is 0 Å². The van der Waals surface area contributed by atoms with Crippen molar-refractivity contribution in [2.75, 3.05) is 24.7 Å². The quantitative estimate of drug-likeness (QED) is 0.825. The van der Waals surface area contributed by atoms with Gasteiger partial charge in [-0.2, -0.15) is 0 Å². The fourth-order valence-corrected chi connectivity index (χ4v) is 3.26. The molecule has 0 aromatic heterocycles. The standard InChI is InChI=1S/C14H16N2O4S/c1-19-12-7-4-8-13(20-2)14(12)21(17,18)16-11-6-3-5-10(15)9-11/h3-9,16H,15H2,1-2H3. The Hall–Kier alpha value is -2.41. The molecule has 2 rings (SSSR count). The molecular weight excluding hydrogens is 292 g/mol. The molecule has 6 nitrogen and oxygen atoms in total. The Morgan fingerprint density at radius 3 is 2.10 bits per heavy atom. The molecule has 0 saturated carbocycles. The summed E-state index contributed by atoms with van der Waals surface area (Å²) in [7, 11) is -1.08. The van der Waals surface area contributed by atoms with Crippen LogP contribution in [-0.2, 0) is 10.0 Å². The zero-order chi connectivity index (χ0) is 15.5. The SMILES string of the molecule is COc1cccc(OC)c1S(=O)(=O)Nc1cccc(N)c1. The fourth-order valence-electron chi connectivity index (χ4n) is 1.89. The molecule has 3 N–H and O–H groups in total. The minimum Gasteiger partial charge on any atom is -0.495 e. The second-order valence-electron chi connectivity index (χ2n) is 4.22. The van der Waals surface area contributed by atoms with Gasteiger partial charge in [-0.05, 0) is 30.3 Å². The summed E-state index contributed by atoms with van der Waals surface area (Å²) in [6.45, 7) is 0. The minimum atomic E-state index is -3.87. The Kier molecular flexibility index (Phi) is 4.23. The number of hydrogen-bond donors (Lipinski definition) is 2. The smallest absolute Gasteiger partial charge is 0.269 e. The summed E-state index contributed by atoms with van der Waals surface area (Å²) < 4.78 is 37.8. The third-order valence-corrected chi connectivity index (χ3v) is 4.23. The first kappa shape index (κ1) is 15.0. The molecule has 0 aliphatic rings. The zero-order valence-corrected chi connectivity index (χ0v) is 12.5. The van der Waals surface area contributed by atoms with E-state index in [0.29, 0.717) is 11.4 Å². The lowest BCUT2D eigenvalue weighted by atomic mass is 10.3. The molecule has 0 heterocycles. The molecule has 0 bridgehead atoms. The summed E-state index contributed by atoms with van der Waals surface area (Å²) in [5.41, 5.74) is 6.47. The Bertz CT molecular complexity index is 722. The van der Waals surface area contributed by atoms with Crippen LogP contribution in [-0.4, -0.2) is 22.6 Å². The molecule has 0 aliphatic heterocycles. The van der Waals surface area contributed by atoms with Crippen LogP contribution in [0.4, 0.5) is 11.4 Å². The first-order valence-corrected chi connectivity index (χ1v) is 7.55. The van der Waals surface area contributed by atoms with Crippen LogP contribution < -0.4 is 19.9 Å². The number of nitrogen functional groups attached to an aromatic ring is 1. The molecule has 112 valence electrons. The van der Waals surface area contributed by atoms with Crippen molar-refractivity contribution in [2.24, 2.45) is 0 Å². The summed E-state index contributed by atoms with van der Waals surface area (Å²) in [6.07, 6.45) is 0. The van der Waals surface area contributed by atoms with E-state index in [9.17, 15) is 8.42 Å². The van der Waals surface area contributed by atoms with Gasteiger partial charge >= 0.3 is 0 Å². The highest BCUT2D eigenvalue weighted by molar-refractivity contribution is 7.93. The Morgan fingerprint density at radius 1 is 1.00 bits per heavy atom. The molecule has 0 aliphatic carbocycles. The summed E-state index contributed by atoms with van der Waals surface area (Å²) in [4.78, 5) is -0.0579. The predicted octanol–water partition coefficient (Wildman–Crippen LogP) is 2.09. The first-order valence-electron chi connectivity index (χ1n) is 6.07. The second-order valence-corrected chi connectivity index (χ2v) is 5.84. The van der Waals surface area contributed by atoms with Crippen LogP contribution in [0, 0.1) is 0 Å². The molecule has 0 fully saturated rings. The van der Waals surface area contributed by atoms with Crippen molar-refractivity contribution in [1.29, 1.82) is 0 Å². The van der Waals surface area contributed by atoms with Crippen molar-refractivity contribution in [2.45, 2.75) is 4.90 Å². The molecule has 0 amide bonds. The van der Waals surface area contributed by atoms with Crippen molar-refractivity contribution in [3.05, 3.63) is 42.5 Å². The number of methoxy groups -OCH3 is 2. The number of anilines is 2. The summed E-state index contributed by atoms with van der Waals surface area (Å²) in [5.74, 6) is 0.400. The van der Waals surface area contributed by atoms with E-state index < -0.39 is 10.0 Å². The summed E-state index contributed by atoms with van der Waals surface area (Å²) in [6, 6.07) is 11.2. The van der Waals surface area contributed by atoms with Crippen molar-refractivity contribution < 1.29 is 17.9 Å². The fraction of sp³-hybridized carbons (Fsp3) is 0.143. The average Bonchev–Trinajstić information content (AvgIpc) is 2.45. The minimum absolute atomic E-state index is 0.0579. The zero-order valence-electron chi connectivity index (χ0n) is 11.7. The van der Waals surface area contributed by atoms with Gasteiger partial charge < -0.3 is 15.2 Å². The van der Waals surface area contributed by atoms with Gasteiger partial charge in [0.2, 0.25) is 0 Å². The van der Waals surface area contributed by atoms with E-state index in [2.05, 4.69) is 4.72 Å². The van der Waals surface area contributed by atoms with Gasteiger partial charge in [0.25, 0.3) is 10.0 Å². The number of sulfonamides is 1. The second kappa shape index (κ2) is 5.92. The Labute approximate surface area is 123 Å². The number of hydrogen-bond acceptors (Lipinski definition) is 5. The lowest BCUT2D eigenvalue weighted by Gasteiger charge is -2.14. The molecule has 7 heteroatoms. The normalized spacial score (nSPS) is 11.0. The molecule has 21 heavy (non-hydrogen) atoms. The van der Waals surface area contributed by atoms with Crippen molar-refractivity contribution in [1.82, 2.24) is 0 Å². The highest BCUT2D eigenvalue weighted by atomic mass is 32.2. The van der Waals surface area contributed by atoms with Gasteiger partial charge in [-0.3, -0.25) is 4.72 Å². The van der Waals surface area contributed by atoms with Crippen molar-refractivity contribution in [3.63, 3.8) is 0 Å². The van der Waals surface area contributed by atoms with Crippen LogP contribution in [0.3, 0.4) is 0 Å². The summed E-state index contributed by atoms with van der Waals surface area (Å²) >= 11 is 0. The molecule has 0 spiro atoms. The maximum absolute atomic E-state index is 12.6. The van der Waals surface area contributed by atoms with Crippen LogP contribution in [0.5, 0.6) is 11.5 Å². The van der Waals surface area contributed by atoms with E-state index in [1.165, 1.54) is 20.3 Å². The number of rotatable bonds is 5. The third kappa shape index (κ3) is 3.19. The van der Waals surface area contributed by atoms with Crippen molar-refractivity contribution >= 4 is 21.4 Å². The van der Waals surface area contributed by atoms with Gasteiger partial charge in [0.05, 0.1) is 19.9 Å². The third-order valence-electron chi connectivity index (χ3n) is 2.79. The van der Waals surface area contributed by atoms with Crippen LogP contribution in [0.25, 0.3) is 0 Å². The monoisotopic (exact) mass is 308 g/mol. The van der Waals surface area contributed by atoms with E-state index in [1.807, 2.05) is 0 Å². The van der Waals surface area contributed by atoms with Gasteiger partial charge in [0.1, 0.15) is 11.5 Å². The van der Waals surface area contributed by atoms with Crippen LogP contribution in [0.2, 0.25) is 0 Å². The van der Waals surface area contributed by atoms with Gasteiger partial charge in [0, 0.05) is 5.69 Å². The average molecular weight is 308 g/mol. The molecule has 0 unspecified atom stereocenters. The maximum Gasteiger partial charge on any atom is 0.269 e. The van der Waals surface area contributed by atoms with Gasteiger partial charge in [-0.25, -0.2) is 8.42 Å². The summed E-state index contributed by atoms with van der Waals surface area (Å²) in [5, 5.41) is 0. The van der Waals surface area contributed by atoms with Crippen LogP contribution >= 0.6 is 0 Å².